The summed E-state index contributed by atoms with van der Waals surface area (Å²) in [5, 5.41) is 30.4. The van der Waals surface area contributed by atoms with Crippen molar-refractivity contribution in [3.63, 3.8) is 0 Å². The first-order valence-corrected chi connectivity index (χ1v) is 16.4. The van der Waals surface area contributed by atoms with Crippen molar-refractivity contribution in [3.05, 3.63) is 0 Å². The van der Waals surface area contributed by atoms with E-state index in [4.69, 9.17) is 28.4 Å². The molecule has 0 heterocycles. The molecule has 0 saturated heterocycles. The van der Waals surface area contributed by atoms with Crippen LogP contribution in [0, 0.1) is 0 Å². The van der Waals surface area contributed by atoms with E-state index < -0.39 is 91.9 Å². The first-order valence-electron chi connectivity index (χ1n) is 16.4. The molecule has 0 N–H and O–H groups in total. The number of carboxylic acids is 3. The Labute approximate surface area is 329 Å². The number of hydrogen-bond acceptors (Lipinski definition) is 21. The fraction of sp³-hybridized carbons (Fsp3) is 0.727. The van der Waals surface area contributed by atoms with Gasteiger partial charge in [0.1, 0.15) is 17.9 Å². The number of rotatable bonds is 24. The van der Waals surface area contributed by atoms with Crippen molar-refractivity contribution in [2.45, 2.75) is 139 Å². The maximum atomic E-state index is 11.5. The number of hydrogen-bond donors (Lipinski definition) is 0. The summed E-state index contributed by atoms with van der Waals surface area (Å²) in [5.41, 5.74) is 0. The number of aliphatic carboxylic acids is 3. The van der Waals surface area contributed by atoms with Gasteiger partial charge in [-0.25, -0.2) is 14.4 Å². The van der Waals surface area contributed by atoms with Gasteiger partial charge in [-0.3, -0.25) is 14.4 Å². The molecular formula is C33H51AlO21. The molecule has 0 radical (unpaired) electrons. The summed E-state index contributed by atoms with van der Waals surface area (Å²) in [6.45, 7) is 17.6. The van der Waals surface area contributed by atoms with E-state index in [1.54, 1.807) is 83.1 Å². The van der Waals surface area contributed by atoms with Crippen LogP contribution in [0.1, 0.15) is 83.1 Å². The van der Waals surface area contributed by atoms with Gasteiger partial charge >= 0.3 is 35.3 Å². The van der Waals surface area contributed by atoms with Crippen LogP contribution in [0.5, 0.6) is 0 Å². The third-order valence-corrected chi connectivity index (χ3v) is 4.67. The number of Topliss-reactive ketones (excluding diaryl/α,β-unsaturated/α-hetero) is 3. The van der Waals surface area contributed by atoms with Gasteiger partial charge in [0.25, 0.3) is 18.9 Å². The first kappa shape index (κ1) is 57.8. The Morgan fingerprint density at radius 1 is 0.345 bits per heavy atom. The van der Waals surface area contributed by atoms with Crippen LogP contribution in [0.3, 0.4) is 0 Å². The molecule has 0 amide bonds. The van der Waals surface area contributed by atoms with E-state index in [1.165, 1.54) is 0 Å². The van der Waals surface area contributed by atoms with Crippen LogP contribution < -0.4 is 15.3 Å². The summed E-state index contributed by atoms with van der Waals surface area (Å²) >= 11 is 0. The Hall–Kier alpha value is -3.88. The third-order valence-electron chi connectivity index (χ3n) is 4.67. The zero-order chi connectivity index (χ0) is 42.9. The number of carbonyl (C=O) groups is 9. The Bertz CT molecular complexity index is 1050. The van der Waals surface area contributed by atoms with Crippen molar-refractivity contribution < 1.29 is 101 Å². The van der Waals surface area contributed by atoms with Crippen molar-refractivity contribution in [2.75, 3.05) is 19.8 Å². The predicted molar refractivity (Wildman–Crippen MR) is 177 cm³/mol. The summed E-state index contributed by atoms with van der Waals surface area (Å²) in [4.78, 5) is 97.0. The largest absolute Gasteiger partial charge is 3.00 e. The fourth-order valence-corrected chi connectivity index (χ4v) is 2.70. The van der Waals surface area contributed by atoms with Crippen LogP contribution in [0.2, 0.25) is 0 Å². The van der Waals surface area contributed by atoms with E-state index in [-0.39, 0.29) is 54.0 Å². The van der Waals surface area contributed by atoms with Gasteiger partial charge < -0.3 is 72.3 Å². The van der Waals surface area contributed by atoms with Gasteiger partial charge in [0.2, 0.25) is 17.3 Å². The van der Waals surface area contributed by atoms with Gasteiger partial charge in [0.15, 0.2) is 19.8 Å². The molecule has 0 aromatic heterocycles. The Morgan fingerprint density at radius 2 is 0.491 bits per heavy atom. The topological polar surface area (TPSA) is 306 Å². The molecule has 21 nitrogen and oxygen atoms in total. The minimum absolute atomic E-state index is 0. The monoisotopic (exact) mass is 810 g/mol. The van der Waals surface area contributed by atoms with Crippen molar-refractivity contribution in [3.8, 4) is 0 Å². The smallest absolute Gasteiger partial charge is 0.542 e. The van der Waals surface area contributed by atoms with Crippen LogP contribution >= 0.6 is 0 Å². The summed E-state index contributed by atoms with van der Waals surface area (Å²) in [6, 6.07) is 0. The summed E-state index contributed by atoms with van der Waals surface area (Å²) in [7, 11) is 0. The molecule has 0 unspecified atom stereocenters. The number of esters is 3. The minimum atomic E-state index is -1.91. The maximum absolute atomic E-state index is 11.5. The van der Waals surface area contributed by atoms with Crippen molar-refractivity contribution in [2.24, 2.45) is 0 Å². The first-order chi connectivity index (χ1) is 24.7. The molecular weight excluding hydrogens is 759 g/mol. The zero-order valence-corrected chi connectivity index (χ0v) is 34.1. The van der Waals surface area contributed by atoms with Gasteiger partial charge in [0, 0.05) is 0 Å². The predicted octanol–water partition coefficient (Wildman–Crippen LogP) is -3.31. The van der Waals surface area contributed by atoms with Gasteiger partial charge in [-0.2, -0.15) is 0 Å². The van der Waals surface area contributed by atoms with Crippen LogP contribution in [-0.4, -0.2) is 146 Å². The molecule has 0 aromatic rings. The van der Waals surface area contributed by atoms with E-state index >= 15 is 0 Å². The molecule has 0 atom stereocenters. The Kier molecular flexibility index (Phi) is 33.0. The van der Waals surface area contributed by atoms with Crippen LogP contribution in [0.4, 0.5) is 0 Å². The molecule has 0 fully saturated rings. The number of carboxylic acid groups (broad SMARTS) is 3. The van der Waals surface area contributed by atoms with Crippen molar-refractivity contribution in [1.82, 2.24) is 0 Å². The van der Waals surface area contributed by atoms with E-state index in [1.807, 2.05) is 0 Å². The SMILES string of the molecule is CC(C)OC(OC(C)C)C(=O)OCC(=O)C(=O)[O-].CC(C)OC(OC(C)C)C(=O)OCC(=O)C(=O)[O-].CC(C)OC(OC(C)C)C(=O)OCC(=O)C(=O)[O-].[Al+3]. The van der Waals surface area contributed by atoms with Gasteiger partial charge in [0.05, 0.1) is 36.6 Å². The summed E-state index contributed by atoms with van der Waals surface area (Å²) in [6.07, 6.45) is -5.64. The Balaban J connectivity index is -0.000000351. The molecule has 55 heavy (non-hydrogen) atoms. The van der Waals surface area contributed by atoms with Crippen molar-refractivity contribution in [1.29, 1.82) is 0 Å². The summed E-state index contributed by atoms with van der Waals surface area (Å²) < 4.78 is 44.3. The van der Waals surface area contributed by atoms with Crippen molar-refractivity contribution >= 4 is 70.5 Å². The second-order valence-corrected chi connectivity index (χ2v) is 12.1. The van der Waals surface area contributed by atoms with Gasteiger partial charge in [-0.05, 0) is 83.1 Å². The standard InChI is InChI=1S/3C11H18O7.Al/c3*1-6(2)17-11(18-7(3)4)10(15)16-5-8(12)9(13)14;/h3*6-7,11H,5H2,1-4H3,(H,13,14);/q;;;+3/p-3. The van der Waals surface area contributed by atoms with Crippen LogP contribution in [-0.2, 0) is 85.8 Å². The van der Waals surface area contributed by atoms with Gasteiger partial charge in [-0.1, -0.05) is 0 Å². The van der Waals surface area contributed by atoms with E-state index in [9.17, 15) is 58.5 Å². The average molecular weight is 811 g/mol. The average Bonchev–Trinajstić information content (AvgIpc) is 3.02. The molecule has 0 rings (SSSR count). The maximum Gasteiger partial charge on any atom is 3.00 e. The second-order valence-electron chi connectivity index (χ2n) is 12.1. The van der Waals surface area contributed by atoms with Gasteiger partial charge in [-0.15, -0.1) is 0 Å². The van der Waals surface area contributed by atoms with E-state index in [2.05, 4.69) is 14.2 Å². The summed E-state index contributed by atoms with van der Waals surface area (Å²) in [5.74, 6) is -12.5. The molecule has 0 saturated carbocycles. The van der Waals surface area contributed by atoms with Crippen LogP contribution in [0.15, 0.2) is 0 Å². The Morgan fingerprint density at radius 3 is 0.600 bits per heavy atom. The molecule has 0 bridgehead atoms. The normalized spacial score (nSPS) is 10.9. The zero-order valence-electron chi connectivity index (χ0n) is 33.0. The quantitative estimate of drug-likeness (QED) is 0.0303. The molecule has 0 aliphatic heterocycles. The molecule has 0 aromatic carbocycles. The molecule has 0 aliphatic carbocycles. The minimum Gasteiger partial charge on any atom is -0.542 e. The number of carbonyl (C=O) groups excluding carboxylic acids is 9. The molecule has 312 valence electrons. The fourth-order valence-electron chi connectivity index (χ4n) is 2.70. The number of ether oxygens (including phenoxy) is 9. The third kappa shape index (κ3) is 33.2. The molecule has 22 heteroatoms. The van der Waals surface area contributed by atoms with Crippen LogP contribution in [0.25, 0.3) is 0 Å². The van der Waals surface area contributed by atoms with E-state index in [0.29, 0.717) is 0 Å². The number of ketones is 3. The second kappa shape index (κ2) is 31.3. The van der Waals surface area contributed by atoms with E-state index in [0.717, 1.165) is 0 Å². The molecule has 0 spiro atoms. The molecule has 0 aliphatic rings.